The van der Waals surface area contributed by atoms with Gasteiger partial charge in [0.1, 0.15) is 18.5 Å². The molecule has 0 radical (unpaired) electrons. The van der Waals surface area contributed by atoms with Crippen LogP contribution in [0.15, 0.2) is 72.8 Å². The Morgan fingerprint density at radius 2 is 1.61 bits per heavy atom. The summed E-state index contributed by atoms with van der Waals surface area (Å²) in [4.78, 5) is 25.5. The Morgan fingerprint density at radius 1 is 1.00 bits per heavy atom. The van der Waals surface area contributed by atoms with E-state index >= 15 is 0 Å². The molecule has 0 aliphatic heterocycles. The Hall–Kier alpha value is -3.67. The number of carbonyl (C=O) groups excluding carboxylic acids is 1. The zero-order valence-corrected chi connectivity index (χ0v) is 17.0. The van der Waals surface area contributed by atoms with Crippen molar-refractivity contribution in [2.45, 2.75) is 18.4 Å². The third-order valence-corrected chi connectivity index (χ3v) is 5.69. The Morgan fingerprint density at radius 3 is 2.19 bits per heavy atom. The van der Waals surface area contributed by atoms with Gasteiger partial charge in [0, 0.05) is 19.4 Å². The molecular weight excluding hydrogens is 397 g/mol. The van der Waals surface area contributed by atoms with Gasteiger partial charge in [-0.3, -0.25) is 4.90 Å². The topological polar surface area (TPSA) is 66.8 Å². The van der Waals surface area contributed by atoms with Crippen molar-refractivity contribution in [3.63, 3.8) is 0 Å². The van der Waals surface area contributed by atoms with Crippen LogP contribution in [-0.4, -0.2) is 41.8 Å². The standard InChI is InChI=1S/C25H22FNO4/c1-27(23(24(28)29)14-16-7-6-8-17(26)13-16)25(30)31-15-22-20-11-4-2-9-18(20)19-10-3-5-12-21(19)22/h2-13,22-23H,14-15H2,1H3,(H,28,29). The predicted molar refractivity (Wildman–Crippen MR) is 114 cm³/mol. The summed E-state index contributed by atoms with van der Waals surface area (Å²) in [7, 11) is 1.39. The second-order valence-corrected chi connectivity index (χ2v) is 7.60. The van der Waals surface area contributed by atoms with Crippen molar-refractivity contribution in [3.05, 3.63) is 95.3 Å². The highest BCUT2D eigenvalue weighted by Gasteiger charge is 2.32. The van der Waals surface area contributed by atoms with Crippen LogP contribution in [0.25, 0.3) is 11.1 Å². The molecule has 0 aromatic heterocycles. The van der Waals surface area contributed by atoms with Gasteiger partial charge in [-0.05, 0) is 39.9 Å². The number of benzene rings is 3. The summed E-state index contributed by atoms with van der Waals surface area (Å²) < 4.78 is 19.0. The average Bonchev–Trinajstić information content (AvgIpc) is 3.09. The fourth-order valence-electron chi connectivity index (χ4n) is 4.10. The molecule has 0 bridgehead atoms. The van der Waals surface area contributed by atoms with E-state index in [-0.39, 0.29) is 18.9 Å². The molecule has 1 N–H and O–H groups in total. The molecule has 0 heterocycles. The Balaban J connectivity index is 1.48. The minimum absolute atomic E-state index is 0.0201. The van der Waals surface area contributed by atoms with E-state index in [0.29, 0.717) is 5.56 Å². The molecule has 31 heavy (non-hydrogen) atoms. The predicted octanol–water partition coefficient (Wildman–Crippen LogP) is 4.70. The summed E-state index contributed by atoms with van der Waals surface area (Å²) in [5, 5.41) is 9.62. The van der Waals surface area contributed by atoms with Gasteiger partial charge in [-0.2, -0.15) is 0 Å². The van der Waals surface area contributed by atoms with Crippen LogP contribution in [0.3, 0.4) is 0 Å². The van der Waals surface area contributed by atoms with Crippen molar-refractivity contribution in [3.8, 4) is 11.1 Å². The summed E-state index contributed by atoms with van der Waals surface area (Å²) in [5.74, 6) is -1.75. The number of nitrogens with zero attached hydrogens (tertiary/aromatic N) is 1. The minimum Gasteiger partial charge on any atom is -0.480 e. The zero-order valence-electron chi connectivity index (χ0n) is 17.0. The lowest BCUT2D eigenvalue weighted by Crippen LogP contribution is -2.44. The molecule has 0 saturated heterocycles. The molecule has 1 aliphatic rings. The molecular formula is C25H22FNO4. The van der Waals surface area contributed by atoms with Gasteiger partial charge in [-0.25, -0.2) is 14.0 Å². The number of aliphatic carboxylic acids is 1. The van der Waals surface area contributed by atoms with E-state index in [1.165, 1.54) is 25.2 Å². The molecule has 5 nitrogen and oxygen atoms in total. The number of amides is 1. The summed E-state index contributed by atoms with van der Waals surface area (Å²) >= 11 is 0. The number of carbonyl (C=O) groups is 2. The lowest BCUT2D eigenvalue weighted by Gasteiger charge is -2.25. The largest absolute Gasteiger partial charge is 0.480 e. The number of rotatable bonds is 6. The van der Waals surface area contributed by atoms with Gasteiger partial charge in [-0.15, -0.1) is 0 Å². The second-order valence-electron chi connectivity index (χ2n) is 7.60. The van der Waals surface area contributed by atoms with Crippen LogP contribution < -0.4 is 0 Å². The maximum absolute atomic E-state index is 13.5. The van der Waals surface area contributed by atoms with Gasteiger partial charge in [0.2, 0.25) is 0 Å². The monoisotopic (exact) mass is 419 g/mol. The van der Waals surface area contributed by atoms with Crippen LogP contribution >= 0.6 is 0 Å². The minimum atomic E-state index is -1.18. The first-order valence-corrected chi connectivity index (χ1v) is 10.0. The van der Waals surface area contributed by atoms with E-state index in [1.807, 2.05) is 48.5 Å². The molecule has 0 fully saturated rings. The molecule has 1 unspecified atom stereocenters. The van der Waals surface area contributed by atoms with Crippen molar-refractivity contribution >= 4 is 12.1 Å². The third-order valence-electron chi connectivity index (χ3n) is 5.69. The number of halogens is 1. The van der Waals surface area contributed by atoms with E-state index in [2.05, 4.69) is 0 Å². The quantitative estimate of drug-likeness (QED) is 0.629. The number of carboxylic acid groups (broad SMARTS) is 1. The fourth-order valence-corrected chi connectivity index (χ4v) is 4.10. The fraction of sp³-hybridized carbons (Fsp3) is 0.200. The number of hydrogen-bond acceptors (Lipinski definition) is 3. The number of fused-ring (bicyclic) bond motifs is 3. The van der Waals surface area contributed by atoms with E-state index in [4.69, 9.17) is 4.74 Å². The smallest absolute Gasteiger partial charge is 0.410 e. The number of hydrogen-bond donors (Lipinski definition) is 1. The normalized spacial score (nSPS) is 13.2. The van der Waals surface area contributed by atoms with E-state index < -0.39 is 23.9 Å². The van der Waals surface area contributed by atoms with Gasteiger partial charge in [0.25, 0.3) is 0 Å². The molecule has 3 aromatic carbocycles. The molecule has 1 atom stereocenters. The van der Waals surface area contributed by atoms with Gasteiger partial charge in [-0.1, -0.05) is 60.7 Å². The van der Waals surface area contributed by atoms with E-state index in [0.717, 1.165) is 27.2 Å². The maximum Gasteiger partial charge on any atom is 0.410 e. The molecule has 1 amide bonds. The number of likely N-dealkylation sites (N-methyl/N-ethyl adjacent to an activating group) is 1. The summed E-state index contributed by atoms with van der Waals surface area (Å²) in [6.45, 7) is 0.101. The maximum atomic E-state index is 13.5. The summed E-state index contributed by atoms with van der Waals surface area (Å²) in [6, 6.07) is 20.5. The average molecular weight is 419 g/mol. The molecule has 0 spiro atoms. The van der Waals surface area contributed by atoms with Crippen LogP contribution in [0.1, 0.15) is 22.6 Å². The highest BCUT2D eigenvalue weighted by atomic mass is 19.1. The van der Waals surface area contributed by atoms with Crippen molar-refractivity contribution in [1.29, 1.82) is 0 Å². The summed E-state index contributed by atoms with van der Waals surface area (Å²) in [6.07, 6.45) is -0.751. The Bertz CT molecular complexity index is 1080. The zero-order chi connectivity index (χ0) is 22.0. The highest BCUT2D eigenvalue weighted by Crippen LogP contribution is 2.44. The van der Waals surface area contributed by atoms with Gasteiger partial charge >= 0.3 is 12.1 Å². The molecule has 6 heteroatoms. The first-order valence-electron chi connectivity index (χ1n) is 10.0. The van der Waals surface area contributed by atoms with Crippen molar-refractivity contribution in [2.24, 2.45) is 0 Å². The third kappa shape index (κ3) is 4.14. The van der Waals surface area contributed by atoms with Gasteiger partial charge in [0.05, 0.1) is 0 Å². The molecule has 158 valence electrons. The number of carboxylic acids is 1. The SMILES string of the molecule is CN(C(=O)OCC1c2ccccc2-c2ccccc21)C(Cc1cccc(F)c1)C(=O)O. The first kappa shape index (κ1) is 20.6. The van der Waals surface area contributed by atoms with Crippen molar-refractivity contribution < 1.29 is 23.8 Å². The highest BCUT2D eigenvalue weighted by molar-refractivity contribution is 5.81. The van der Waals surface area contributed by atoms with Crippen molar-refractivity contribution in [2.75, 3.05) is 13.7 Å². The van der Waals surface area contributed by atoms with Gasteiger partial charge < -0.3 is 9.84 Å². The molecule has 0 saturated carbocycles. The van der Waals surface area contributed by atoms with E-state index in [9.17, 15) is 19.1 Å². The Kier molecular flexibility index (Phi) is 5.71. The molecule has 3 aromatic rings. The van der Waals surface area contributed by atoms with E-state index in [1.54, 1.807) is 6.07 Å². The van der Waals surface area contributed by atoms with Crippen LogP contribution in [0.5, 0.6) is 0 Å². The van der Waals surface area contributed by atoms with Crippen molar-refractivity contribution in [1.82, 2.24) is 4.90 Å². The summed E-state index contributed by atoms with van der Waals surface area (Å²) in [5.41, 5.74) is 4.87. The first-order chi connectivity index (χ1) is 15.0. The second kappa shape index (κ2) is 8.60. The number of ether oxygens (including phenoxy) is 1. The lowest BCUT2D eigenvalue weighted by atomic mass is 9.98. The molecule has 1 aliphatic carbocycles. The van der Waals surface area contributed by atoms with Crippen LogP contribution in [0.4, 0.5) is 9.18 Å². The van der Waals surface area contributed by atoms with Crippen LogP contribution in [-0.2, 0) is 16.0 Å². The molecule has 4 rings (SSSR count). The Labute approximate surface area is 179 Å². The van der Waals surface area contributed by atoms with Gasteiger partial charge in [0.15, 0.2) is 0 Å². The van der Waals surface area contributed by atoms with Crippen LogP contribution in [0, 0.1) is 5.82 Å². The lowest BCUT2D eigenvalue weighted by molar-refractivity contribution is -0.142. The van der Waals surface area contributed by atoms with Crippen LogP contribution in [0.2, 0.25) is 0 Å².